The summed E-state index contributed by atoms with van der Waals surface area (Å²) < 4.78 is 5.41. The minimum Gasteiger partial charge on any atom is -0.379 e. The molecule has 2 aliphatic heterocycles. The van der Waals surface area contributed by atoms with Crippen molar-refractivity contribution in [2.45, 2.75) is 45.7 Å². The molecule has 0 aliphatic carbocycles. The van der Waals surface area contributed by atoms with Gasteiger partial charge in [0.05, 0.1) is 13.2 Å². The minimum atomic E-state index is -0.493. The highest BCUT2D eigenvalue weighted by atomic mass is 16.5. The van der Waals surface area contributed by atoms with Gasteiger partial charge in [0.1, 0.15) is 6.04 Å². The molecule has 2 heterocycles. The molecule has 4 rings (SSSR count). The number of morpholine rings is 1. The SMILES string of the molecule is CC(C)CC(=O)N1Cc2ccccc2CC1C(=O)Nc1ccc(CCN2CCOCC2)cc1. The molecule has 0 bridgehead atoms. The zero-order valence-corrected chi connectivity index (χ0v) is 19.8. The molecule has 0 spiro atoms. The largest absolute Gasteiger partial charge is 0.379 e. The van der Waals surface area contributed by atoms with Gasteiger partial charge in [-0.05, 0) is 41.2 Å². The van der Waals surface area contributed by atoms with E-state index in [1.54, 1.807) is 4.90 Å². The summed E-state index contributed by atoms with van der Waals surface area (Å²) in [7, 11) is 0. The lowest BCUT2D eigenvalue weighted by Crippen LogP contribution is -2.50. The third-order valence-corrected chi connectivity index (χ3v) is 6.50. The molecular formula is C27H35N3O3. The van der Waals surface area contributed by atoms with Gasteiger partial charge in [0, 0.05) is 44.7 Å². The van der Waals surface area contributed by atoms with E-state index >= 15 is 0 Å². The standard InChI is InChI=1S/C27H35N3O3/c1-20(2)17-26(31)30-19-23-6-4-3-5-22(23)18-25(30)27(32)28-24-9-7-21(8-10-24)11-12-29-13-15-33-16-14-29/h3-10,20,25H,11-19H2,1-2H3,(H,28,32). The van der Waals surface area contributed by atoms with Crippen molar-refractivity contribution in [3.05, 3.63) is 65.2 Å². The number of carbonyl (C=O) groups is 2. The van der Waals surface area contributed by atoms with Crippen molar-refractivity contribution < 1.29 is 14.3 Å². The molecule has 1 atom stereocenters. The van der Waals surface area contributed by atoms with Crippen LogP contribution in [0.15, 0.2) is 48.5 Å². The van der Waals surface area contributed by atoms with Crippen LogP contribution in [0.5, 0.6) is 0 Å². The fraction of sp³-hybridized carbons (Fsp3) is 0.481. The Labute approximate surface area is 196 Å². The second-order valence-corrected chi connectivity index (χ2v) is 9.50. The number of nitrogens with one attached hydrogen (secondary N) is 1. The number of carbonyl (C=O) groups excluding carboxylic acids is 2. The van der Waals surface area contributed by atoms with E-state index in [-0.39, 0.29) is 17.7 Å². The Kier molecular flexibility index (Phi) is 7.78. The highest BCUT2D eigenvalue weighted by Crippen LogP contribution is 2.26. The zero-order valence-electron chi connectivity index (χ0n) is 19.8. The maximum atomic E-state index is 13.3. The molecule has 1 unspecified atom stereocenters. The lowest BCUT2D eigenvalue weighted by atomic mass is 9.92. The monoisotopic (exact) mass is 449 g/mol. The van der Waals surface area contributed by atoms with Crippen LogP contribution in [-0.2, 0) is 33.7 Å². The molecule has 0 saturated carbocycles. The topological polar surface area (TPSA) is 61.9 Å². The fourth-order valence-corrected chi connectivity index (χ4v) is 4.58. The lowest BCUT2D eigenvalue weighted by molar-refractivity contribution is -0.140. The Hall–Kier alpha value is -2.70. The first-order valence-corrected chi connectivity index (χ1v) is 12.1. The lowest BCUT2D eigenvalue weighted by Gasteiger charge is -2.36. The normalized spacial score (nSPS) is 18.8. The van der Waals surface area contributed by atoms with Crippen molar-refractivity contribution in [3.63, 3.8) is 0 Å². The predicted octanol–water partition coefficient (Wildman–Crippen LogP) is 3.50. The maximum Gasteiger partial charge on any atom is 0.247 e. The molecule has 33 heavy (non-hydrogen) atoms. The summed E-state index contributed by atoms with van der Waals surface area (Å²) in [6.45, 7) is 9.18. The van der Waals surface area contributed by atoms with E-state index in [1.165, 1.54) is 5.56 Å². The summed E-state index contributed by atoms with van der Waals surface area (Å²) in [6, 6.07) is 15.7. The molecule has 176 valence electrons. The number of nitrogens with zero attached hydrogens (tertiary/aromatic N) is 2. The first kappa shape index (κ1) is 23.5. The highest BCUT2D eigenvalue weighted by Gasteiger charge is 2.34. The molecule has 1 N–H and O–H groups in total. The fourth-order valence-electron chi connectivity index (χ4n) is 4.58. The van der Waals surface area contributed by atoms with Crippen LogP contribution in [0.1, 0.15) is 37.0 Å². The van der Waals surface area contributed by atoms with Crippen LogP contribution in [0.3, 0.4) is 0 Å². The number of amides is 2. The number of rotatable bonds is 7. The molecule has 1 fully saturated rings. The van der Waals surface area contributed by atoms with Gasteiger partial charge in [-0.15, -0.1) is 0 Å². The van der Waals surface area contributed by atoms with Gasteiger partial charge in [0.25, 0.3) is 0 Å². The van der Waals surface area contributed by atoms with Crippen LogP contribution in [-0.4, -0.2) is 60.5 Å². The van der Waals surface area contributed by atoms with Gasteiger partial charge < -0.3 is 15.0 Å². The number of ether oxygens (including phenoxy) is 1. The maximum absolute atomic E-state index is 13.3. The quantitative estimate of drug-likeness (QED) is 0.703. The zero-order chi connectivity index (χ0) is 23.2. The molecule has 2 amide bonds. The molecule has 2 aromatic rings. The number of hydrogen-bond donors (Lipinski definition) is 1. The highest BCUT2D eigenvalue weighted by molar-refractivity contribution is 5.97. The molecule has 6 nitrogen and oxygen atoms in total. The first-order valence-electron chi connectivity index (χ1n) is 12.1. The summed E-state index contributed by atoms with van der Waals surface area (Å²) in [5, 5.41) is 3.05. The molecule has 2 aliphatic rings. The van der Waals surface area contributed by atoms with E-state index in [0.717, 1.165) is 56.1 Å². The number of anilines is 1. The van der Waals surface area contributed by atoms with Crippen LogP contribution in [0.25, 0.3) is 0 Å². The number of hydrogen-bond acceptors (Lipinski definition) is 4. The van der Waals surface area contributed by atoms with E-state index in [4.69, 9.17) is 4.74 Å². The summed E-state index contributed by atoms with van der Waals surface area (Å²) in [6.07, 6.45) is 1.97. The summed E-state index contributed by atoms with van der Waals surface area (Å²) >= 11 is 0. The van der Waals surface area contributed by atoms with E-state index in [0.29, 0.717) is 19.4 Å². The van der Waals surface area contributed by atoms with E-state index in [9.17, 15) is 9.59 Å². The van der Waals surface area contributed by atoms with Gasteiger partial charge in [-0.25, -0.2) is 0 Å². The van der Waals surface area contributed by atoms with E-state index in [2.05, 4.69) is 34.5 Å². The third-order valence-electron chi connectivity index (χ3n) is 6.50. The van der Waals surface area contributed by atoms with Gasteiger partial charge in [0.2, 0.25) is 11.8 Å². The second kappa shape index (κ2) is 10.9. The van der Waals surface area contributed by atoms with Crippen molar-refractivity contribution in [1.82, 2.24) is 9.80 Å². The summed E-state index contributed by atoms with van der Waals surface area (Å²) in [4.78, 5) is 30.4. The van der Waals surface area contributed by atoms with Gasteiger partial charge in [-0.1, -0.05) is 50.2 Å². The predicted molar refractivity (Wildman–Crippen MR) is 130 cm³/mol. The van der Waals surface area contributed by atoms with Gasteiger partial charge in [0.15, 0.2) is 0 Å². The number of benzene rings is 2. The van der Waals surface area contributed by atoms with Crippen LogP contribution in [0, 0.1) is 5.92 Å². The molecule has 0 radical (unpaired) electrons. The molecule has 6 heteroatoms. The van der Waals surface area contributed by atoms with Crippen LogP contribution >= 0.6 is 0 Å². The summed E-state index contributed by atoms with van der Waals surface area (Å²) in [5.74, 6) is 0.171. The Morgan fingerprint density at radius 1 is 1.03 bits per heavy atom. The van der Waals surface area contributed by atoms with Crippen LogP contribution in [0.4, 0.5) is 5.69 Å². The minimum absolute atomic E-state index is 0.0399. The van der Waals surface area contributed by atoms with Gasteiger partial charge >= 0.3 is 0 Å². The summed E-state index contributed by atoms with van der Waals surface area (Å²) in [5.41, 5.74) is 4.29. The Morgan fingerprint density at radius 2 is 1.73 bits per heavy atom. The number of fused-ring (bicyclic) bond motifs is 1. The molecule has 2 aromatic carbocycles. The average Bonchev–Trinajstić information content (AvgIpc) is 2.83. The second-order valence-electron chi connectivity index (χ2n) is 9.50. The van der Waals surface area contributed by atoms with Crippen molar-refractivity contribution >= 4 is 17.5 Å². The van der Waals surface area contributed by atoms with Gasteiger partial charge in [-0.2, -0.15) is 0 Å². The Morgan fingerprint density at radius 3 is 2.42 bits per heavy atom. The Bertz CT molecular complexity index is 951. The van der Waals surface area contributed by atoms with Crippen molar-refractivity contribution in [1.29, 1.82) is 0 Å². The van der Waals surface area contributed by atoms with E-state index < -0.39 is 6.04 Å². The molecular weight excluding hydrogens is 414 g/mol. The smallest absolute Gasteiger partial charge is 0.247 e. The van der Waals surface area contributed by atoms with Crippen LogP contribution in [0.2, 0.25) is 0 Å². The van der Waals surface area contributed by atoms with Crippen molar-refractivity contribution in [3.8, 4) is 0 Å². The van der Waals surface area contributed by atoms with Gasteiger partial charge in [-0.3, -0.25) is 14.5 Å². The third kappa shape index (κ3) is 6.21. The average molecular weight is 450 g/mol. The first-order chi connectivity index (χ1) is 16.0. The molecule has 0 aromatic heterocycles. The van der Waals surface area contributed by atoms with Crippen molar-refractivity contribution in [2.75, 3.05) is 38.2 Å². The Balaban J connectivity index is 1.40. The van der Waals surface area contributed by atoms with E-state index in [1.807, 2.05) is 38.1 Å². The van der Waals surface area contributed by atoms with Crippen LogP contribution < -0.4 is 5.32 Å². The molecule has 1 saturated heterocycles. The van der Waals surface area contributed by atoms with Crippen molar-refractivity contribution in [2.24, 2.45) is 5.92 Å².